The maximum absolute atomic E-state index is 12.9. The van der Waals surface area contributed by atoms with Crippen LogP contribution in [0.15, 0.2) is 40.3 Å². The minimum Gasteiger partial charge on any atom is -0.444 e. The SMILES string of the molecule is Cc1cccc(S(=O)(=O)c2cnc(N3CCN(C(=O)OC(C)(C)C)CC3)nc2N)c1. The average Bonchev–Trinajstić information content (AvgIpc) is 2.66. The molecule has 10 heteroatoms. The molecule has 2 N–H and O–H groups in total. The van der Waals surface area contributed by atoms with E-state index in [2.05, 4.69) is 9.97 Å². The van der Waals surface area contributed by atoms with Gasteiger partial charge in [-0.25, -0.2) is 18.2 Å². The number of aromatic nitrogens is 2. The molecule has 1 fully saturated rings. The van der Waals surface area contributed by atoms with E-state index < -0.39 is 15.4 Å². The normalized spacial score (nSPS) is 15.2. The lowest BCUT2D eigenvalue weighted by molar-refractivity contribution is 0.0240. The first kappa shape index (κ1) is 21.8. The molecule has 30 heavy (non-hydrogen) atoms. The second-order valence-corrected chi connectivity index (χ2v) is 10.1. The number of carbonyl (C=O) groups excluding carboxylic acids is 1. The Labute approximate surface area is 176 Å². The number of nitrogens with two attached hydrogens (primary N) is 1. The molecule has 1 saturated heterocycles. The van der Waals surface area contributed by atoms with Gasteiger partial charge in [-0.1, -0.05) is 12.1 Å². The summed E-state index contributed by atoms with van der Waals surface area (Å²) in [4.78, 5) is 24.2. The standard InChI is InChI=1S/C20H27N5O4S/c1-14-6-5-7-15(12-14)30(27,28)16-13-22-18(23-17(16)21)24-8-10-25(11-9-24)19(26)29-20(2,3)4/h5-7,12-13H,8-11H2,1-4H3,(H2,21,22,23). The van der Waals surface area contributed by atoms with Gasteiger partial charge in [-0.3, -0.25) is 0 Å². The van der Waals surface area contributed by atoms with Crippen molar-refractivity contribution in [1.29, 1.82) is 0 Å². The van der Waals surface area contributed by atoms with Gasteiger partial charge in [0, 0.05) is 26.2 Å². The molecular formula is C20H27N5O4S. The highest BCUT2D eigenvalue weighted by Crippen LogP contribution is 2.26. The van der Waals surface area contributed by atoms with Gasteiger partial charge in [0.1, 0.15) is 16.3 Å². The fourth-order valence-corrected chi connectivity index (χ4v) is 4.42. The Morgan fingerprint density at radius 3 is 2.40 bits per heavy atom. The van der Waals surface area contributed by atoms with Crippen molar-refractivity contribution in [3.63, 3.8) is 0 Å². The van der Waals surface area contributed by atoms with Crippen LogP contribution in [0.1, 0.15) is 26.3 Å². The fourth-order valence-electron chi connectivity index (χ4n) is 3.06. The number of hydrogen-bond donors (Lipinski definition) is 1. The molecule has 1 aromatic carbocycles. The second-order valence-electron chi connectivity index (χ2n) is 8.19. The zero-order valence-electron chi connectivity index (χ0n) is 17.6. The lowest BCUT2D eigenvalue weighted by Crippen LogP contribution is -2.50. The van der Waals surface area contributed by atoms with Crippen LogP contribution >= 0.6 is 0 Å². The van der Waals surface area contributed by atoms with Gasteiger partial charge in [-0.2, -0.15) is 4.98 Å². The van der Waals surface area contributed by atoms with E-state index >= 15 is 0 Å². The molecule has 1 amide bonds. The zero-order valence-corrected chi connectivity index (χ0v) is 18.4. The molecule has 162 valence electrons. The van der Waals surface area contributed by atoms with Gasteiger partial charge in [0.25, 0.3) is 0 Å². The summed E-state index contributed by atoms with van der Waals surface area (Å²) in [6.07, 6.45) is 0.887. The van der Waals surface area contributed by atoms with Gasteiger partial charge in [0.05, 0.1) is 11.1 Å². The van der Waals surface area contributed by atoms with Crippen molar-refractivity contribution in [3.8, 4) is 0 Å². The quantitative estimate of drug-likeness (QED) is 0.783. The average molecular weight is 434 g/mol. The molecular weight excluding hydrogens is 406 g/mol. The molecule has 1 aliphatic rings. The van der Waals surface area contributed by atoms with Crippen molar-refractivity contribution in [2.75, 3.05) is 36.8 Å². The number of piperazine rings is 1. The number of hydrogen-bond acceptors (Lipinski definition) is 8. The smallest absolute Gasteiger partial charge is 0.410 e. The van der Waals surface area contributed by atoms with Gasteiger partial charge in [-0.15, -0.1) is 0 Å². The van der Waals surface area contributed by atoms with Crippen LogP contribution in [0.4, 0.5) is 16.6 Å². The topological polar surface area (TPSA) is 119 Å². The third kappa shape index (κ3) is 4.81. The van der Waals surface area contributed by atoms with Crippen LogP contribution in [0.5, 0.6) is 0 Å². The number of nitrogen functional groups attached to an aromatic ring is 1. The Morgan fingerprint density at radius 2 is 1.83 bits per heavy atom. The first-order valence-electron chi connectivity index (χ1n) is 9.64. The third-order valence-electron chi connectivity index (χ3n) is 4.57. The van der Waals surface area contributed by atoms with E-state index in [9.17, 15) is 13.2 Å². The van der Waals surface area contributed by atoms with Crippen molar-refractivity contribution in [3.05, 3.63) is 36.0 Å². The van der Waals surface area contributed by atoms with Crippen LogP contribution in [-0.4, -0.2) is 61.2 Å². The minimum atomic E-state index is -3.81. The molecule has 1 aliphatic heterocycles. The molecule has 0 radical (unpaired) electrons. The molecule has 0 saturated carbocycles. The van der Waals surface area contributed by atoms with Crippen LogP contribution in [0.25, 0.3) is 0 Å². The molecule has 3 rings (SSSR count). The number of benzene rings is 1. The summed E-state index contributed by atoms with van der Waals surface area (Å²) in [7, 11) is -3.81. The van der Waals surface area contributed by atoms with Crippen molar-refractivity contribution < 1.29 is 17.9 Å². The summed E-state index contributed by atoms with van der Waals surface area (Å²) in [6.45, 7) is 9.16. The summed E-state index contributed by atoms with van der Waals surface area (Å²) < 4.78 is 31.2. The van der Waals surface area contributed by atoms with Crippen molar-refractivity contribution in [2.45, 2.75) is 43.1 Å². The predicted octanol–water partition coefficient (Wildman–Crippen LogP) is 2.26. The van der Waals surface area contributed by atoms with E-state index in [0.29, 0.717) is 32.1 Å². The summed E-state index contributed by atoms with van der Waals surface area (Å²) in [5, 5.41) is 0. The molecule has 0 aliphatic carbocycles. The highest BCUT2D eigenvalue weighted by atomic mass is 32.2. The van der Waals surface area contributed by atoms with Gasteiger partial charge < -0.3 is 20.3 Å². The Hall–Kier alpha value is -2.88. The van der Waals surface area contributed by atoms with Gasteiger partial charge in [0.2, 0.25) is 15.8 Å². The Morgan fingerprint density at radius 1 is 1.17 bits per heavy atom. The molecule has 0 bridgehead atoms. The first-order valence-corrected chi connectivity index (χ1v) is 11.1. The second kappa shape index (κ2) is 8.10. The van der Waals surface area contributed by atoms with E-state index in [-0.39, 0.29) is 21.7 Å². The van der Waals surface area contributed by atoms with Crippen molar-refractivity contribution in [1.82, 2.24) is 14.9 Å². The Bertz CT molecular complexity index is 1040. The molecule has 2 aromatic rings. The van der Waals surface area contributed by atoms with E-state index in [1.54, 1.807) is 17.0 Å². The fraction of sp³-hybridized carbons (Fsp3) is 0.450. The largest absolute Gasteiger partial charge is 0.444 e. The molecule has 1 aromatic heterocycles. The molecule has 2 heterocycles. The van der Waals surface area contributed by atoms with Crippen LogP contribution in [0.3, 0.4) is 0 Å². The molecule has 0 atom stereocenters. The number of nitrogens with zero attached hydrogens (tertiary/aromatic N) is 4. The maximum atomic E-state index is 12.9. The maximum Gasteiger partial charge on any atom is 0.410 e. The van der Waals surface area contributed by atoms with Crippen LogP contribution in [0.2, 0.25) is 0 Å². The number of rotatable bonds is 3. The monoisotopic (exact) mass is 433 g/mol. The van der Waals surface area contributed by atoms with E-state index in [4.69, 9.17) is 10.5 Å². The van der Waals surface area contributed by atoms with Crippen molar-refractivity contribution >= 4 is 27.7 Å². The van der Waals surface area contributed by atoms with Gasteiger partial charge in [0.15, 0.2) is 0 Å². The number of amides is 1. The highest BCUT2D eigenvalue weighted by Gasteiger charge is 2.28. The number of sulfone groups is 1. The van der Waals surface area contributed by atoms with E-state index in [1.165, 1.54) is 12.3 Å². The van der Waals surface area contributed by atoms with Gasteiger partial charge >= 0.3 is 6.09 Å². The first-order chi connectivity index (χ1) is 14.0. The summed E-state index contributed by atoms with van der Waals surface area (Å²) in [6, 6.07) is 6.60. The van der Waals surface area contributed by atoms with E-state index in [0.717, 1.165) is 5.56 Å². The van der Waals surface area contributed by atoms with E-state index in [1.807, 2.05) is 38.7 Å². The van der Waals surface area contributed by atoms with Crippen LogP contribution in [0, 0.1) is 6.92 Å². The lowest BCUT2D eigenvalue weighted by atomic mass is 10.2. The van der Waals surface area contributed by atoms with Crippen molar-refractivity contribution in [2.24, 2.45) is 0 Å². The number of aryl methyl sites for hydroxylation is 1. The Balaban J connectivity index is 1.73. The highest BCUT2D eigenvalue weighted by molar-refractivity contribution is 7.91. The molecule has 0 spiro atoms. The Kier molecular flexibility index (Phi) is 5.89. The summed E-state index contributed by atoms with van der Waals surface area (Å²) in [5.74, 6) is 0.232. The third-order valence-corrected chi connectivity index (χ3v) is 6.34. The predicted molar refractivity (Wildman–Crippen MR) is 113 cm³/mol. The van der Waals surface area contributed by atoms with Crippen LogP contribution < -0.4 is 10.6 Å². The number of ether oxygens (including phenoxy) is 1. The molecule has 9 nitrogen and oxygen atoms in total. The number of carbonyl (C=O) groups is 1. The summed E-state index contributed by atoms with van der Waals surface area (Å²) >= 11 is 0. The van der Waals surface area contributed by atoms with Crippen LogP contribution in [-0.2, 0) is 14.6 Å². The summed E-state index contributed by atoms with van der Waals surface area (Å²) in [5.41, 5.74) is 6.27. The zero-order chi connectivity index (χ0) is 22.1. The lowest BCUT2D eigenvalue weighted by Gasteiger charge is -2.35. The number of anilines is 2. The molecule has 0 unspecified atom stereocenters. The minimum absolute atomic E-state index is 0.101. The van der Waals surface area contributed by atoms with Gasteiger partial charge in [-0.05, 0) is 45.4 Å².